The van der Waals surface area contributed by atoms with Crippen LogP contribution in [-0.2, 0) is 0 Å². The minimum absolute atomic E-state index is 0.264. The predicted molar refractivity (Wildman–Crippen MR) is 73.4 cm³/mol. The first-order valence-corrected chi connectivity index (χ1v) is 5.98. The van der Waals surface area contributed by atoms with E-state index in [2.05, 4.69) is 10.3 Å². The van der Waals surface area contributed by atoms with Gasteiger partial charge in [-0.2, -0.15) is 5.26 Å². The summed E-state index contributed by atoms with van der Waals surface area (Å²) in [6.45, 7) is 0. The predicted octanol–water partition coefficient (Wildman–Crippen LogP) is 3.51. The molecule has 1 N–H and O–H groups in total. The lowest BCUT2D eigenvalue weighted by atomic mass is 10.2. The first-order chi connectivity index (χ1) is 9.11. The van der Waals surface area contributed by atoms with E-state index in [1.54, 1.807) is 6.07 Å². The lowest BCUT2D eigenvalue weighted by Gasteiger charge is -2.07. The number of carbonyl (C=O) groups excluding carboxylic acids is 1. The molecular formula is C13H7Cl2N3O. The summed E-state index contributed by atoms with van der Waals surface area (Å²) in [4.78, 5) is 15.8. The highest BCUT2D eigenvalue weighted by molar-refractivity contribution is 6.34. The van der Waals surface area contributed by atoms with Crippen molar-refractivity contribution in [2.75, 3.05) is 5.32 Å². The van der Waals surface area contributed by atoms with Gasteiger partial charge >= 0.3 is 0 Å². The molecule has 1 amide bonds. The molecule has 0 atom stereocenters. The van der Waals surface area contributed by atoms with Crippen LogP contribution < -0.4 is 5.32 Å². The van der Waals surface area contributed by atoms with E-state index in [0.717, 1.165) is 0 Å². The summed E-state index contributed by atoms with van der Waals surface area (Å²) in [5, 5.41) is 11.9. The smallest absolute Gasteiger partial charge is 0.257 e. The molecule has 1 aromatic carbocycles. The molecule has 6 heteroatoms. The van der Waals surface area contributed by atoms with E-state index in [4.69, 9.17) is 28.5 Å². The van der Waals surface area contributed by atoms with E-state index in [9.17, 15) is 4.79 Å². The Morgan fingerprint density at radius 1 is 1.26 bits per heavy atom. The highest BCUT2D eigenvalue weighted by Gasteiger charge is 2.11. The molecular weight excluding hydrogens is 285 g/mol. The van der Waals surface area contributed by atoms with Gasteiger partial charge in [0.15, 0.2) is 0 Å². The molecule has 0 unspecified atom stereocenters. The Hall–Kier alpha value is -2.09. The molecule has 0 aliphatic heterocycles. The average Bonchev–Trinajstić information content (AvgIpc) is 2.39. The van der Waals surface area contributed by atoms with Crippen molar-refractivity contribution in [3.8, 4) is 6.07 Å². The van der Waals surface area contributed by atoms with Gasteiger partial charge in [0, 0.05) is 18.1 Å². The summed E-state index contributed by atoms with van der Waals surface area (Å²) in [5.41, 5.74) is 1.15. The SMILES string of the molecule is N#Cc1ccc(NC(=O)c2ccncc2Cl)cc1Cl. The number of rotatable bonds is 2. The van der Waals surface area contributed by atoms with Gasteiger partial charge in [-0.15, -0.1) is 0 Å². The minimum Gasteiger partial charge on any atom is -0.322 e. The van der Waals surface area contributed by atoms with E-state index < -0.39 is 0 Å². The molecule has 0 saturated heterocycles. The van der Waals surface area contributed by atoms with E-state index in [1.807, 2.05) is 6.07 Å². The molecule has 1 aromatic heterocycles. The fourth-order valence-electron chi connectivity index (χ4n) is 1.44. The highest BCUT2D eigenvalue weighted by atomic mass is 35.5. The molecule has 2 rings (SSSR count). The molecule has 0 bridgehead atoms. The Bertz CT molecular complexity index is 680. The van der Waals surface area contributed by atoms with Crippen LogP contribution in [0.25, 0.3) is 0 Å². The van der Waals surface area contributed by atoms with Gasteiger partial charge in [0.2, 0.25) is 0 Å². The maximum absolute atomic E-state index is 12.0. The Balaban J connectivity index is 2.23. The first-order valence-electron chi connectivity index (χ1n) is 5.22. The molecule has 0 aliphatic rings. The van der Waals surface area contributed by atoms with Crippen molar-refractivity contribution < 1.29 is 4.79 Å². The number of hydrogen-bond acceptors (Lipinski definition) is 3. The van der Waals surface area contributed by atoms with Gasteiger partial charge in [-0.05, 0) is 24.3 Å². The van der Waals surface area contributed by atoms with E-state index in [1.165, 1.54) is 30.6 Å². The average molecular weight is 292 g/mol. The Kier molecular flexibility index (Phi) is 4.00. The fourth-order valence-corrected chi connectivity index (χ4v) is 1.87. The number of anilines is 1. The molecule has 1 heterocycles. The van der Waals surface area contributed by atoms with Crippen molar-refractivity contribution in [2.45, 2.75) is 0 Å². The van der Waals surface area contributed by atoms with Crippen LogP contribution in [0.15, 0.2) is 36.7 Å². The molecule has 2 aromatic rings. The van der Waals surface area contributed by atoms with Crippen molar-refractivity contribution in [3.05, 3.63) is 57.8 Å². The van der Waals surface area contributed by atoms with Gasteiger partial charge in [-0.25, -0.2) is 0 Å². The Labute approximate surface area is 119 Å². The van der Waals surface area contributed by atoms with Crippen LogP contribution >= 0.6 is 23.2 Å². The summed E-state index contributed by atoms with van der Waals surface area (Å²) in [6, 6.07) is 8.09. The van der Waals surface area contributed by atoms with Crippen molar-refractivity contribution in [2.24, 2.45) is 0 Å². The van der Waals surface area contributed by atoms with Crippen LogP contribution in [0.5, 0.6) is 0 Å². The Morgan fingerprint density at radius 3 is 2.68 bits per heavy atom. The molecule has 19 heavy (non-hydrogen) atoms. The van der Waals surface area contributed by atoms with Gasteiger partial charge < -0.3 is 5.32 Å². The lowest BCUT2D eigenvalue weighted by molar-refractivity contribution is 0.102. The zero-order chi connectivity index (χ0) is 13.8. The summed E-state index contributed by atoms with van der Waals surface area (Å²) in [5.74, 6) is -0.367. The number of hydrogen-bond donors (Lipinski definition) is 1. The van der Waals surface area contributed by atoms with Gasteiger partial charge in [-0.3, -0.25) is 9.78 Å². The topological polar surface area (TPSA) is 65.8 Å². The normalized spacial score (nSPS) is 9.74. The van der Waals surface area contributed by atoms with Crippen LogP contribution in [-0.4, -0.2) is 10.9 Å². The van der Waals surface area contributed by atoms with E-state index in [0.29, 0.717) is 16.8 Å². The molecule has 4 nitrogen and oxygen atoms in total. The second-order valence-corrected chi connectivity index (χ2v) is 4.43. The molecule has 0 saturated carbocycles. The van der Waals surface area contributed by atoms with Gasteiger partial charge in [0.05, 0.1) is 21.2 Å². The quantitative estimate of drug-likeness (QED) is 0.921. The van der Waals surface area contributed by atoms with Crippen molar-refractivity contribution in [3.63, 3.8) is 0 Å². The van der Waals surface area contributed by atoms with Gasteiger partial charge in [-0.1, -0.05) is 23.2 Å². The van der Waals surface area contributed by atoms with Crippen molar-refractivity contribution in [1.82, 2.24) is 4.98 Å². The maximum Gasteiger partial charge on any atom is 0.257 e. The summed E-state index contributed by atoms with van der Waals surface area (Å²) in [6.07, 6.45) is 2.87. The van der Waals surface area contributed by atoms with Gasteiger partial charge in [0.25, 0.3) is 5.91 Å². The number of aromatic nitrogens is 1. The number of nitrogens with zero attached hydrogens (tertiary/aromatic N) is 2. The number of halogens is 2. The largest absolute Gasteiger partial charge is 0.322 e. The second kappa shape index (κ2) is 5.70. The molecule has 0 radical (unpaired) electrons. The molecule has 94 valence electrons. The van der Waals surface area contributed by atoms with E-state index >= 15 is 0 Å². The monoisotopic (exact) mass is 291 g/mol. The maximum atomic E-state index is 12.0. The molecule has 0 fully saturated rings. The van der Waals surface area contributed by atoms with Crippen LogP contribution in [0.4, 0.5) is 5.69 Å². The fraction of sp³-hybridized carbons (Fsp3) is 0. The van der Waals surface area contributed by atoms with Crippen LogP contribution in [0.3, 0.4) is 0 Å². The third-order valence-corrected chi connectivity index (χ3v) is 2.98. The second-order valence-electron chi connectivity index (χ2n) is 3.62. The van der Waals surface area contributed by atoms with Crippen LogP contribution in [0.2, 0.25) is 10.0 Å². The number of nitriles is 1. The third-order valence-electron chi connectivity index (χ3n) is 2.36. The Morgan fingerprint density at radius 2 is 2.05 bits per heavy atom. The summed E-state index contributed by atoms with van der Waals surface area (Å²) >= 11 is 11.8. The van der Waals surface area contributed by atoms with Gasteiger partial charge in [0.1, 0.15) is 6.07 Å². The highest BCUT2D eigenvalue weighted by Crippen LogP contribution is 2.21. The molecule has 0 aliphatic carbocycles. The number of carbonyl (C=O) groups is 1. The standard InChI is InChI=1S/C13H7Cl2N3O/c14-11-5-9(2-1-8(11)6-16)18-13(19)10-3-4-17-7-12(10)15/h1-5,7H,(H,18,19). The zero-order valence-electron chi connectivity index (χ0n) is 9.52. The van der Waals surface area contributed by atoms with E-state index in [-0.39, 0.29) is 16.0 Å². The lowest BCUT2D eigenvalue weighted by Crippen LogP contribution is -2.12. The first kappa shape index (κ1) is 13.3. The van der Waals surface area contributed by atoms with Crippen molar-refractivity contribution in [1.29, 1.82) is 5.26 Å². The zero-order valence-corrected chi connectivity index (χ0v) is 11.0. The van der Waals surface area contributed by atoms with Crippen LogP contribution in [0.1, 0.15) is 15.9 Å². The number of pyridine rings is 1. The number of amides is 1. The summed E-state index contributed by atoms with van der Waals surface area (Å²) in [7, 11) is 0. The minimum atomic E-state index is -0.367. The van der Waals surface area contributed by atoms with Crippen LogP contribution in [0, 0.1) is 11.3 Å². The number of benzene rings is 1. The molecule has 0 spiro atoms. The third kappa shape index (κ3) is 3.02. The summed E-state index contributed by atoms with van der Waals surface area (Å²) < 4.78 is 0. The number of nitrogens with one attached hydrogen (secondary N) is 1. The van der Waals surface area contributed by atoms with Crippen molar-refractivity contribution >= 4 is 34.8 Å².